The zero-order valence-corrected chi connectivity index (χ0v) is 32.6. The number of piperazine rings is 1. The molecule has 302 valence electrons. The van der Waals surface area contributed by atoms with Crippen LogP contribution in [0.2, 0.25) is 0 Å². The summed E-state index contributed by atoms with van der Waals surface area (Å²) < 4.78 is 16.0. The normalized spacial score (nSPS) is 23.1. The third-order valence-electron chi connectivity index (χ3n) is 12.8. The van der Waals surface area contributed by atoms with Gasteiger partial charge in [-0.3, -0.25) is 39.2 Å². The second kappa shape index (κ2) is 15.4. The molecule has 3 aromatic heterocycles. The Labute approximate surface area is 340 Å². The molecule has 0 radical (unpaired) electrons. The number of nitrogens with zero attached hydrogens (tertiary/aromatic N) is 9. The van der Waals surface area contributed by atoms with E-state index in [9.17, 15) is 23.6 Å². The Hall–Kier alpha value is -5.90. The number of carbonyl (C=O) groups excluding carboxylic acids is 4. The SMILES string of the molecule is O=CC(=O)C1c2cc(CN3CC(N4CCN(c5cccc(-c6cnc7ccc(N8CCCC8c8cccc(F)c8)nn67)n5)CC4)C3)ccc2CN1C1CCC(=O)NC1=O. The Morgan fingerprint density at radius 1 is 0.898 bits per heavy atom. The quantitative estimate of drug-likeness (QED) is 0.125. The molecule has 5 aliphatic rings. The van der Waals surface area contributed by atoms with Crippen LogP contribution in [0.5, 0.6) is 0 Å². The standard InChI is InChI=1S/C44H45FN10O4/c45-31-5-1-4-29(21-31)35-7-3-15-53(35)41-13-12-39-46-22-37(55(39)49-41)34-6-2-8-40(47-34)52-18-16-51(17-19-52)32-25-50(26-32)23-28-9-10-30-24-54(36-11-14-42(58)48-44(36)59)43(33(30)20-28)38(57)27-56/h1-2,4-6,8-10,12-13,20-22,27,32,35-36,43H,3,7,11,14-19,23-26H2,(H,48,58,59). The molecule has 15 heteroatoms. The fraction of sp³-hybridized carbons (Fsp3) is 0.386. The maximum Gasteiger partial charge on any atom is 0.243 e. The number of fused-ring (bicyclic) bond motifs is 2. The van der Waals surface area contributed by atoms with Gasteiger partial charge in [0.05, 0.1) is 24.0 Å². The Balaban J connectivity index is 0.761. The van der Waals surface area contributed by atoms with Crippen molar-refractivity contribution in [2.75, 3.05) is 55.6 Å². The molecule has 4 saturated heterocycles. The van der Waals surface area contributed by atoms with E-state index in [4.69, 9.17) is 10.1 Å². The Morgan fingerprint density at radius 3 is 2.56 bits per heavy atom. The smallest absolute Gasteiger partial charge is 0.243 e. The van der Waals surface area contributed by atoms with E-state index in [0.29, 0.717) is 25.3 Å². The molecular weight excluding hydrogens is 752 g/mol. The molecule has 1 N–H and O–H groups in total. The van der Waals surface area contributed by atoms with Crippen LogP contribution in [-0.2, 0) is 32.3 Å². The molecule has 0 saturated carbocycles. The lowest BCUT2D eigenvalue weighted by Crippen LogP contribution is -2.62. The zero-order valence-electron chi connectivity index (χ0n) is 32.6. The van der Waals surface area contributed by atoms with Crippen LogP contribution in [0, 0.1) is 5.82 Å². The van der Waals surface area contributed by atoms with Crippen LogP contribution in [0.1, 0.15) is 60.0 Å². The number of carbonyl (C=O) groups is 4. The summed E-state index contributed by atoms with van der Waals surface area (Å²) in [7, 11) is 0. The van der Waals surface area contributed by atoms with Crippen LogP contribution >= 0.6 is 0 Å². The summed E-state index contributed by atoms with van der Waals surface area (Å²) in [6, 6.07) is 22.1. The lowest BCUT2D eigenvalue weighted by molar-refractivity contribution is -0.141. The van der Waals surface area contributed by atoms with Crippen molar-refractivity contribution in [3.63, 3.8) is 0 Å². The van der Waals surface area contributed by atoms with Gasteiger partial charge < -0.3 is 9.80 Å². The highest BCUT2D eigenvalue weighted by Crippen LogP contribution is 2.39. The van der Waals surface area contributed by atoms with E-state index < -0.39 is 23.8 Å². The molecule has 3 unspecified atom stereocenters. The molecule has 0 spiro atoms. The largest absolute Gasteiger partial charge is 0.354 e. The topological polar surface area (TPSA) is 140 Å². The average Bonchev–Trinajstić information content (AvgIpc) is 3.99. The van der Waals surface area contributed by atoms with Crippen LogP contribution in [0.4, 0.5) is 16.0 Å². The molecular formula is C44H45FN10O4. The number of aromatic nitrogens is 4. The summed E-state index contributed by atoms with van der Waals surface area (Å²) in [5, 5.41) is 7.42. The van der Waals surface area contributed by atoms with Gasteiger partial charge in [0.2, 0.25) is 17.6 Å². The number of nitrogens with one attached hydrogen (secondary N) is 1. The first kappa shape index (κ1) is 37.4. The predicted molar refractivity (Wildman–Crippen MR) is 217 cm³/mol. The minimum absolute atomic E-state index is 0.0632. The van der Waals surface area contributed by atoms with E-state index in [0.717, 1.165) is 116 Å². The Morgan fingerprint density at radius 2 is 1.75 bits per heavy atom. The van der Waals surface area contributed by atoms with E-state index in [1.807, 2.05) is 53.2 Å². The molecule has 2 amide bonds. The maximum absolute atomic E-state index is 14.1. The first-order chi connectivity index (χ1) is 28.8. The van der Waals surface area contributed by atoms with Crippen LogP contribution in [0.25, 0.3) is 17.0 Å². The van der Waals surface area contributed by atoms with Crippen molar-refractivity contribution in [2.45, 2.75) is 62.9 Å². The number of Topliss-reactive ketones (excluding diaryl/α,β-unsaturated/α-hetero) is 1. The minimum atomic E-state index is -0.826. The number of aldehydes is 1. The summed E-state index contributed by atoms with van der Waals surface area (Å²) in [5.74, 6) is 0.223. The van der Waals surface area contributed by atoms with E-state index in [1.165, 1.54) is 6.07 Å². The summed E-state index contributed by atoms with van der Waals surface area (Å²) in [5.41, 5.74) is 6.09. The first-order valence-corrected chi connectivity index (χ1v) is 20.6. The molecule has 10 rings (SSSR count). The van der Waals surface area contributed by atoms with Gasteiger partial charge in [0.1, 0.15) is 29.2 Å². The highest BCUT2D eigenvalue weighted by Gasteiger charge is 2.44. The molecule has 2 aromatic carbocycles. The number of benzene rings is 2. The number of rotatable bonds is 10. The Bertz CT molecular complexity index is 2460. The molecule has 59 heavy (non-hydrogen) atoms. The Kier molecular flexibility index (Phi) is 9.73. The third-order valence-corrected chi connectivity index (χ3v) is 12.8. The van der Waals surface area contributed by atoms with Crippen LogP contribution in [-0.4, -0.2) is 116 Å². The molecule has 0 bridgehead atoms. The van der Waals surface area contributed by atoms with E-state index in [1.54, 1.807) is 17.0 Å². The van der Waals surface area contributed by atoms with Crippen molar-refractivity contribution < 1.29 is 23.6 Å². The number of anilines is 2. The molecule has 5 aromatic rings. The highest BCUT2D eigenvalue weighted by molar-refractivity contribution is 6.27. The van der Waals surface area contributed by atoms with E-state index in [2.05, 4.69) is 42.0 Å². The molecule has 14 nitrogen and oxygen atoms in total. The number of imidazole rings is 1. The van der Waals surface area contributed by atoms with Gasteiger partial charge in [-0.1, -0.05) is 36.4 Å². The van der Waals surface area contributed by atoms with Crippen molar-refractivity contribution in [1.29, 1.82) is 0 Å². The number of amides is 2. The molecule has 3 atom stereocenters. The van der Waals surface area contributed by atoms with Gasteiger partial charge in [-0.15, -0.1) is 5.10 Å². The van der Waals surface area contributed by atoms with Crippen molar-refractivity contribution in [3.8, 4) is 11.4 Å². The van der Waals surface area contributed by atoms with Gasteiger partial charge in [0, 0.05) is 71.4 Å². The number of piperidine rings is 1. The number of pyridine rings is 1. The second-order valence-electron chi connectivity index (χ2n) is 16.4. The number of hydrogen-bond acceptors (Lipinski definition) is 12. The fourth-order valence-electron chi connectivity index (χ4n) is 9.79. The summed E-state index contributed by atoms with van der Waals surface area (Å²) >= 11 is 0. The zero-order chi connectivity index (χ0) is 40.2. The predicted octanol–water partition coefficient (Wildman–Crippen LogP) is 3.71. The van der Waals surface area contributed by atoms with Crippen LogP contribution < -0.4 is 15.1 Å². The number of likely N-dealkylation sites (tertiary alicyclic amines) is 1. The third kappa shape index (κ3) is 7.06. The first-order valence-electron chi connectivity index (χ1n) is 20.6. The summed E-state index contributed by atoms with van der Waals surface area (Å²) in [6.45, 7) is 7.41. The van der Waals surface area contributed by atoms with Gasteiger partial charge in [-0.05, 0) is 77.9 Å². The van der Waals surface area contributed by atoms with Crippen molar-refractivity contribution in [3.05, 3.63) is 107 Å². The molecule has 4 fully saturated rings. The van der Waals surface area contributed by atoms with Crippen molar-refractivity contribution >= 4 is 41.2 Å². The summed E-state index contributed by atoms with van der Waals surface area (Å²) in [6.07, 6.45) is 4.65. The van der Waals surface area contributed by atoms with Gasteiger partial charge in [0.15, 0.2) is 11.9 Å². The lowest BCUT2D eigenvalue weighted by atomic mass is 9.96. The second-order valence-corrected chi connectivity index (χ2v) is 16.4. The van der Waals surface area contributed by atoms with Crippen LogP contribution in [0.3, 0.4) is 0 Å². The van der Waals surface area contributed by atoms with Crippen LogP contribution in [0.15, 0.2) is 79.0 Å². The van der Waals surface area contributed by atoms with Gasteiger partial charge in [0.25, 0.3) is 0 Å². The van der Waals surface area contributed by atoms with Gasteiger partial charge >= 0.3 is 0 Å². The maximum atomic E-state index is 14.1. The molecule has 5 aliphatic heterocycles. The highest BCUT2D eigenvalue weighted by atomic mass is 19.1. The fourth-order valence-corrected chi connectivity index (χ4v) is 9.79. The van der Waals surface area contributed by atoms with Crippen molar-refractivity contribution in [1.82, 2.24) is 39.6 Å². The average molecular weight is 797 g/mol. The summed E-state index contributed by atoms with van der Waals surface area (Å²) in [4.78, 5) is 70.1. The monoisotopic (exact) mass is 796 g/mol. The number of imide groups is 1. The number of halogens is 1. The number of hydrogen-bond donors (Lipinski definition) is 1. The van der Waals surface area contributed by atoms with Crippen molar-refractivity contribution in [2.24, 2.45) is 0 Å². The van der Waals surface area contributed by atoms with E-state index >= 15 is 0 Å². The molecule has 8 heterocycles. The minimum Gasteiger partial charge on any atom is -0.354 e. The lowest BCUT2D eigenvalue weighted by Gasteiger charge is -2.48. The van der Waals surface area contributed by atoms with E-state index in [-0.39, 0.29) is 24.2 Å². The number of ketones is 1. The van der Waals surface area contributed by atoms with Gasteiger partial charge in [-0.2, -0.15) is 0 Å². The van der Waals surface area contributed by atoms with Gasteiger partial charge in [-0.25, -0.2) is 18.9 Å². The molecule has 0 aliphatic carbocycles.